The number of hydrogen-bond acceptors (Lipinski definition) is 3. The van der Waals surface area contributed by atoms with Crippen molar-refractivity contribution in [1.29, 1.82) is 0 Å². The van der Waals surface area contributed by atoms with Gasteiger partial charge < -0.3 is 10.4 Å². The zero-order chi connectivity index (χ0) is 12.3. The van der Waals surface area contributed by atoms with Crippen molar-refractivity contribution >= 4 is 33.3 Å². The van der Waals surface area contributed by atoms with Crippen molar-refractivity contribution in [2.24, 2.45) is 0 Å². The maximum atomic E-state index is 12.0. The van der Waals surface area contributed by atoms with E-state index in [-0.39, 0.29) is 5.82 Å². The fourth-order valence-corrected chi connectivity index (χ4v) is 1.63. The second kappa shape index (κ2) is 5.20. The molecular formula is C8H7BrClF3N2O. The average molecular weight is 320 g/mol. The molecule has 0 aliphatic carbocycles. The Balaban J connectivity index is 2.62. The first-order valence-corrected chi connectivity index (χ1v) is 5.27. The number of aromatic nitrogens is 1. The van der Waals surface area contributed by atoms with E-state index < -0.39 is 18.8 Å². The monoisotopic (exact) mass is 318 g/mol. The smallest absolute Gasteiger partial charge is 0.382 e. The second-order valence-corrected chi connectivity index (χ2v) is 4.21. The molecule has 0 saturated carbocycles. The minimum absolute atomic E-state index is 0.188. The molecule has 1 heterocycles. The maximum absolute atomic E-state index is 12.0. The van der Waals surface area contributed by atoms with Crippen LogP contribution in [0, 0.1) is 0 Å². The van der Waals surface area contributed by atoms with Gasteiger partial charge in [0.15, 0.2) is 6.10 Å². The van der Waals surface area contributed by atoms with Gasteiger partial charge in [0, 0.05) is 6.20 Å². The van der Waals surface area contributed by atoms with Crippen molar-refractivity contribution in [3.8, 4) is 0 Å². The molecule has 0 aliphatic heterocycles. The Bertz CT molecular complexity index is 375. The van der Waals surface area contributed by atoms with Crippen LogP contribution in [0.15, 0.2) is 16.7 Å². The highest BCUT2D eigenvalue weighted by atomic mass is 79.9. The predicted molar refractivity (Wildman–Crippen MR) is 57.5 cm³/mol. The number of nitrogens with zero attached hydrogens (tertiary/aromatic N) is 1. The Morgan fingerprint density at radius 3 is 2.69 bits per heavy atom. The van der Waals surface area contributed by atoms with Crippen LogP contribution in [0.5, 0.6) is 0 Å². The maximum Gasteiger partial charge on any atom is 0.416 e. The lowest BCUT2D eigenvalue weighted by Crippen LogP contribution is -2.35. The molecule has 1 unspecified atom stereocenters. The van der Waals surface area contributed by atoms with Gasteiger partial charge >= 0.3 is 6.18 Å². The molecule has 0 bridgehead atoms. The summed E-state index contributed by atoms with van der Waals surface area (Å²) >= 11 is 8.68. The van der Waals surface area contributed by atoms with E-state index >= 15 is 0 Å². The van der Waals surface area contributed by atoms with E-state index in [2.05, 4.69) is 26.2 Å². The van der Waals surface area contributed by atoms with E-state index in [1.54, 1.807) is 0 Å². The molecule has 0 spiro atoms. The summed E-state index contributed by atoms with van der Waals surface area (Å²) in [6.07, 6.45) is -5.79. The van der Waals surface area contributed by atoms with Gasteiger partial charge in [-0.3, -0.25) is 0 Å². The van der Waals surface area contributed by atoms with E-state index in [1.807, 2.05) is 0 Å². The van der Waals surface area contributed by atoms with Gasteiger partial charge in [-0.05, 0) is 22.0 Å². The first-order valence-electron chi connectivity index (χ1n) is 4.10. The summed E-state index contributed by atoms with van der Waals surface area (Å²) in [5.74, 6) is 0.188. The summed E-state index contributed by atoms with van der Waals surface area (Å²) in [5, 5.41) is 11.5. The standard InChI is InChI=1S/C8H7BrClF3N2O/c9-5-1-4(10)2-14-7(5)15-3-6(16)8(11,12)13/h1-2,6,16H,3H2,(H,14,15). The quantitative estimate of drug-likeness (QED) is 0.900. The van der Waals surface area contributed by atoms with Gasteiger partial charge in [0.2, 0.25) is 0 Å². The molecule has 1 rings (SSSR count). The number of rotatable bonds is 3. The van der Waals surface area contributed by atoms with Gasteiger partial charge in [0.25, 0.3) is 0 Å². The molecule has 0 aliphatic rings. The summed E-state index contributed by atoms with van der Waals surface area (Å²) < 4.78 is 36.3. The first kappa shape index (κ1) is 13.5. The van der Waals surface area contributed by atoms with Crippen molar-refractivity contribution in [1.82, 2.24) is 4.98 Å². The third kappa shape index (κ3) is 3.80. The normalized spacial score (nSPS) is 13.6. The molecule has 3 nitrogen and oxygen atoms in total. The van der Waals surface area contributed by atoms with Crippen molar-refractivity contribution < 1.29 is 18.3 Å². The van der Waals surface area contributed by atoms with Crippen LogP contribution < -0.4 is 5.32 Å². The third-order valence-corrected chi connectivity index (χ3v) is 2.46. The summed E-state index contributed by atoms with van der Waals surface area (Å²) in [4.78, 5) is 3.76. The van der Waals surface area contributed by atoms with Crippen LogP contribution in [0.3, 0.4) is 0 Å². The molecule has 0 amide bonds. The number of aliphatic hydroxyl groups is 1. The first-order chi connectivity index (χ1) is 7.30. The van der Waals surface area contributed by atoms with E-state index in [0.717, 1.165) is 0 Å². The van der Waals surface area contributed by atoms with Gasteiger partial charge in [-0.15, -0.1) is 0 Å². The van der Waals surface area contributed by atoms with Crippen molar-refractivity contribution in [2.75, 3.05) is 11.9 Å². The third-order valence-electron chi connectivity index (χ3n) is 1.65. The summed E-state index contributed by atoms with van der Waals surface area (Å²) in [5.41, 5.74) is 0. The van der Waals surface area contributed by atoms with Crippen LogP contribution in [0.1, 0.15) is 0 Å². The highest BCUT2D eigenvalue weighted by Gasteiger charge is 2.37. The fraction of sp³-hybridized carbons (Fsp3) is 0.375. The summed E-state index contributed by atoms with van der Waals surface area (Å²) in [7, 11) is 0. The van der Waals surface area contributed by atoms with Crippen LogP contribution in [-0.2, 0) is 0 Å². The highest BCUT2D eigenvalue weighted by molar-refractivity contribution is 9.10. The number of pyridine rings is 1. The number of nitrogens with one attached hydrogen (secondary N) is 1. The van der Waals surface area contributed by atoms with Crippen LogP contribution >= 0.6 is 27.5 Å². The predicted octanol–water partition coefficient (Wildman–Crippen LogP) is 2.83. The zero-order valence-corrected chi connectivity index (χ0v) is 10.1. The molecule has 0 fully saturated rings. The minimum atomic E-state index is -4.65. The zero-order valence-electron chi connectivity index (χ0n) is 7.72. The van der Waals surface area contributed by atoms with E-state index in [9.17, 15) is 13.2 Å². The van der Waals surface area contributed by atoms with Crippen LogP contribution in [0.25, 0.3) is 0 Å². The van der Waals surface area contributed by atoms with Crippen molar-refractivity contribution in [2.45, 2.75) is 12.3 Å². The Kier molecular flexibility index (Phi) is 4.40. The van der Waals surface area contributed by atoms with Crippen LogP contribution in [0.4, 0.5) is 19.0 Å². The number of hydrogen-bond donors (Lipinski definition) is 2. The summed E-state index contributed by atoms with van der Waals surface area (Å²) in [6.45, 7) is -0.670. The molecule has 1 atom stereocenters. The van der Waals surface area contributed by atoms with Crippen molar-refractivity contribution in [3.05, 3.63) is 21.8 Å². The second-order valence-electron chi connectivity index (χ2n) is 2.92. The molecule has 8 heteroatoms. The number of alkyl halides is 3. The molecule has 90 valence electrons. The van der Waals surface area contributed by atoms with Gasteiger partial charge in [-0.25, -0.2) is 4.98 Å². The Labute approximate surface area is 103 Å². The van der Waals surface area contributed by atoms with Gasteiger partial charge in [0.1, 0.15) is 5.82 Å². The molecule has 0 aromatic carbocycles. The van der Waals surface area contributed by atoms with Crippen LogP contribution in [-0.4, -0.2) is 28.9 Å². The Morgan fingerprint density at radius 1 is 1.56 bits per heavy atom. The van der Waals surface area contributed by atoms with Crippen LogP contribution in [0.2, 0.25) is 5.02 Å². The lowest BCUT2D eigenvalue weighted by Gasteiger charge is -2.15. The largest absolute Gasteiger partial charge is 0.416 e. The van der Waals surface area contributed by atoms with Gasteiger partial charge in [0.05, 0.1) is 16.0 Å². The van der Waals surface area contributed by atoms with Gasteiger partial charge in [-0.2, -0.15) is 13.2 Å². The Hall–Kier alpha value is -0.530. The molecule has 2 N–H and O–H groups in total. The number of halogens is 5. The molecule has 0 saturated heterocycles. The molecule has 1 aromatic heterocycles. The molecule has 0 radical (unpaired) electrons. The summed E-state index contributed by atoms with van der Waals surface area (Å²) in [6, 6.07) is 1.48. The molecule has 1 aromatic rings. The SMILES string of the molecule is OC(CNc1ncc(Cl)cc1Br)C(F)(F)F. The fourth-order valence-electron chi connectivity index (χ4n) is 0.854. The minimum Gasteiger partial charge on any atom is -0.382 e. The van der Waals surface area contributed by atoms with E-state index in [4.69, 9.17) is 16.7 Å². The Morgan fingerprint density at radius 2 is 2.19 bits per heavy atom. The molecule has 16 heavy (non-hydrogen) atoms. The molecular weight excluding hydrogens is 312 g/mol. The van der Waals surface area contributed by atoms with E-state index in [0.29, 0.717) is 9.50 Å². The average Bonchev–Trinajstić information content (AvgIpc) is 2.14. The van der Waals surface area contributed by atoms with E-state index in [1.165, 1.54) is 12.3 Å². The highest BCUT2D eigenvalue weighted by Crippen LogP contribution is 2.24. The van der Waals surface area contributed by atoms with Crippen molar-refractivity contribution in [3.63, 3.8) is 0 Å². The lowest BCUT2D eigenvalue weighted by molar-refractivity contribution is -0.198. The number of aliphatic hydroxyl groups excluding tert-OH is 1. The topological polar surface area (TPSA) is 45.1 Å². The van der Waals surface area contributed by atoms with Gasteiger partial charge in [-0.1, -0.05) is 11.6 Å². The number of anilines is 1. The lowest BCUT2D eigenvalue weighted by atomic mass is 10.3.